The predicted octanol–water partition coefficient (Wildman–Crippen LogP) is 5.14. The van der Waals surface area contributed by atoms with E-state index in [-0.39, 0.29) is 11.5 Å². The second kappa shape index (κ2) is 14.9. The lowest BCUT2D eigenvalue weighted by atomic mass is 10.1. The molecule has 0 aliphatic rings. The minimum atomic E-state index is -3.72. The van der Waals surface area contributed by atoms with E-state index in [9.17, 15) is 13.2 Å². The molecule has 0 aliphatic carbocycles. The maximum atomic E-state index is 13.0. The van der Waals surface area contributed by atoms with E-state index in [0.717, 1.165) is 5.41 Å². The number of benzene rings is 3. The zero-order chi connectivity index (χ0) is 31.6. The molecule has 0 saturated carbocycles. The molecule has 0 atom stereocenters. The van der Waals surface area contributed by atoms with Gasteiger partial charge in [0.1, 0.15) is 23.0 Å². The highest BCUT2D eigenvalue weighted by Gasteiger charge is 2.17. The Kier molecular flexibility index (Phi) is 11.3. The van der Waals surface area contributed by atoms with E-state index in [0.29, 0.717) is 62.6 Å². The Balaban J connectivity index is 1.81. The molecule has 12 heteroatoms. The normalized spacial score (nSPS) is 11.3. The van der Waals surface area contributed by atoms with Gasteiger partial charge in [0.15, 0.2) is 27.1 Å². The molecular formula is C31H35NO10S. The Morgan fingerprint density at radius 1 is 0.721 bits per heavy atom. The monoisotopic (exact) mass is 613 g/mol. The molecule has 0 amide bonds. The van der Waals surface area contributed by atoms with Crippen molar-refractivity contribution in [1.29, 1.82) is 0 Å². The minimum absolute atomic E-state index is 0.295. The number of methoxy groups -OCH3 is 7. The van der Waals surface area contributed by atoms with E-state index in [4.69, 9.17) is 33.2 Å². The molecule has 43 heavy (non-hydrogen) atoms. The Morgan fingerprint density at radius 3 is 1.81 bits per heavy atom. The van der Waals surface area contributed by atoms with Gasteiger partial charge in [-0.15, -0.1) is 0 Å². The lowest BCUT2D eigenvalue weighted by Gasteiger charge is -2.13. The molecule has 1 N–H and O–H groups in total. The average molecular weight is 614 g/mol. The van der Waals surface area contributed by atoms with Crippen molar-refractivity contribution < 1.29 is 46.4 Å². The topological polar surface area (TPSA) is 128 Å². The van der Waals surface area contributed by atoms with Crippen LogP contribution in [0.25, 0.3) is 6.08 Å². The number of sulfone groups is 1. The highest BCUT2D eigenvalue weighted by atomic mass is 32.2. The first-order valence-electron chi connectivity index (χ1n) is 12.8. The third-order valence-corrected chi connectivity index (χ3v) is 7.54. The van der Waals surface area contributed by atoms with Gasteiger partial charge in [-0.3, -0.25) is 4.79 Å². The van der Waals surface area contributed by atoms with Crippen molar-refractivity contribution in [2.24, 2.45) is 0 Å². The number of carbonyl (C=O) groups is 1. The van der Waals surface area contributed by atoms with Gasteiger partial charge in [0.05, 0.1) is 66.8 Å². The number of rotatable bonds is 15. The Hall–Kier alpha value is -4.84. The highest BCUT2D eigenvalue weighted by molar-refractivity contribution is 7.93. The number of ketones is 1. The number of anilines is 1. The highest BCUT2D eigenvalue weighted by Crippen LogP contribution is 2.38. The van der Waals surface area contributed by atoms with Crippen molar-refractivity contribution >= 4 is 27.4 Å². The lowest BCUT2D eigenvalue weighted by molar-refractivity contribution is 0.104. The first-order chi connectivity index (χ1) is 20.6. The number of hydrogen-bond donors (Lipinski definition) is 1. The fraction of sp³-hybridized carbons (Fsp3) is 0.258. The van der Waals surface area contributed by atoms with E-state index in [1.54, 1.807) is 42.5 Å². The van der Waals surface area contributed by atoms with Crippen LogP contribution in [0.15, 0.2) is 60.1 Å². The molecule has 0 heterocycles. The lowest BCUT2D eigenvalue weighted by Crippen LogP contribution is -2.03. The maximum absolute atomic E-state index is 13.0. The van der Waals surface area contributed by atoms with Crippen molar-refractivity contribution in [2.45, 2.75) is 5.75 Å². The van der Waals surface area contributed by atoms with Gasteiger partial charge in [0.2, 0.25) is 5.75 Å². The van der Waals surface area contributed by atoms with E-state index < -0.39 is 9.84 Å². The van der Waals surface area contributed by atoms with Gasteiger partial charge in [-0.05, 0) is 35.9 Å². The SMILES string of the molecule is COc1cc(OC)c(/C=C/S(=O)(=O)Cc2ccc(OC)c(N/C=C\C(=O)c3cc(OC)c(OC)c(OC)c3)c2)c(OC)c1. The molecule has 0 spiro atoms. The van der Waals surface area contributed by atoms with E-state index in [2.05, 4.69) is 5.32 Å². The van der Waals surface area contributed by atoms with Gasteiger partial charge in [0.25, 0.3) is 0 Å². The molecule has 0 saturated heterocycles. The molecule has 0 unspecified atom stereocenters. The summed E-state index contributed by atoms with van der Waals surface area (Å²) in [5.74, 6) is 2.19. The number of ether oxygens (including phenoxy) is 7. The third-order valence-electron chi connectivity index (χ3n) is 6.25. The largest absolute Gasteiger partial charge is 0.496 e. The summed E-state index contributed by atoms with van der Waals surface area (Å²) in [4.78, 5) is 12.9. The van der Waals surface area contributed by atoms with Crippen LogP contribution in [-0.4, -0.2) is 64.0 Å². The van der Waals surface area contributed by atoms with Crippen LogP contribution in [-0.2, 0) is 15.6 Å². The molecular weight excluding hydrogens is 578 g/mol. The fourth-order valence-electron chi connectivity index (χ4n) is 4.13. The Morgan fingerprint density at radius 2 is 1.30 bits per heavy atom. The van der Waals surface area contributed by atoms with Gasteiger partial charge < -0.3 is 38.5 Å². The van der Waals surface area contributed by atoms with Crippen molar-refractivity contribution in [3.8, 4) is 40.2 Å². The van der Waals surface area contributed by atoms with Crippen LogP contribution in [0.3, 0.4) is 0 Å². The van der Waals surface area contributed by atoms with E-state index in [1.807, 2.05) is 0 Å². The molecule has 11 nitrogen and oxygen atoms in total. The number of carbonyl (C=O) groups excluding carboxylic acids is 1. The molecule has 3 rings (SSSR count). The summed E-state index contributed by atoms with van der Waals surface area (Å²) in [6.07, 6.45) is 4.18. The van der Waals surface area contributed by atoms with Crippen LogP contribution in [0.4, 0.5) is 5.69 Å². The second-order valence-corrected chi connectivity index (χ2v) is 10.7. The van der Waals surface area contributed by atoms with Crippen LogP contribution < -0.4 is 38.5 Å². The Bertz CT molecular complexity index is 1560. The first kappa shape index (κ1) is 32.7. The smallest absolute Gasteiger partial charge is 0.203 e. The molecule has 0 aromatic heterocycles. The average Bonchev–Trinajstić information content (AvgIpc) is 3.02. The molecule has 0 fully saturated rings. The summed E-state index contributed by atoms with van der Waals surface area (Å²) < 4.78 is 63.4. The summed E-state index contributed by atoms with van der Waals surface area (Å²) in [6.45, 7) is 0. The van der Waals surface area contributed by atoms with Crippen molar-refractivity contribution in [1.82, 2.24) is 0 Å². The molecule has 3 aromatic rings. The van der Waals surface area contributed by atoms with Crippen LogP contribution in [0, 0.1) is 0 Å². The summed E-state index contributed by atoms with van der Waals surface area (Å²) >= 11 is 0. The number of allylic oxidation sites excluding steroid dienone is 1. The second-order valence-electron chi connectivity index (χ2n) is 8.85. The zero-order valence-corrected chi connectivity index (χ0v) is 25.9. The Labute approximate surface area is 251 Å². The van der Waals surface area contributed by atoms with Gasteiger partial charge in [0, 0.05) is 35.4 Å². The predicted molar refractivity (Wildman–Crippen MR) is 164 cm³/mol. The van der Waals surface area contributed by atoms with Crippen LogP contribution in [0.5, 0.6) is 40.2 Å². The summed E-state index contributed by atoms with van der Waals surface area (Å²) in [5.41, 5.74) is 1.72. The summed E-state index contributed by atoms with van der Waals surface area (Å²) in [7, 11) is 6.62. The van der Waals surface area contributed by atoms with E-state index >= 15 is 0 Å². The van der Waals surface area contributed by atoms with Crippen LogP contribution in [0.1, 0.15) is 21.5 Å². The number of hydrogen-bond acceptors (Lipinski definition) is 11. The molecule has 3 aromatic carbocycles. The number of nitrogens with one attached hydrogen (secondary N) is 1. The van der Waals surface area contributed by atoms with Crippen molar-refractivity contribution in [2.75, 3.05) is 55.1 Å². The summed E-state index contributed by atoms with van der Waals surface area (Å²) in [5, 5.41) is 4.10. The van der Waals surface area contributed by atoms with Gasteiger partial charge >= 0.3 is 0 Å². The first-order valence-corrected chi connectivity index (χ1v) is 14.5. The van der Waals surface area contributed by atoms with Gasteiger partial charge in [-0.2, -0.15) is 0 Å². The fourth-order valence-corrected chi connectivity index (χ4v) is 5.22. The standard InChI is InChI=1S/C31H35NO10S/c1-36-22-17-27(38-3)23(28(18-22)39-4)11-13-43(34,35)19-20-8-9-26(37-2)24(14-20)32-12-10-25(33)21-15-29(40-5)31(42-7)30(16-21)41-6/h8-18,32H,19H2,1-7H3/b12-10-,13-11+. The van der Waals surface area contributed by atoms with Gasteiger partial charge in [-0.25, -0.2) is 8.42 Å². The van der Waals surface area contributed by atoms with Crippen LogP contribution in [0.2, 0.25) is 0 Å². The van der Waals surface area contributed by atoms with Crippen molar-refractivity contribution in [3.05, 3.63) is 76.8 Å². The molecule has 0 aliphatic heterocycles. The zero-order valence-electron chi connectivity index (χ0n) is 25.0. The van der Waals surface area contributed by atoms with Crippen molar-refractivity contribution in [3.63, 3.8) is 0 Å². The van der Waals surface area contributed by atoms with Crippen LogP contribution >= 0.6 is 0 Å². The molecule has 0 bridgehead atoms. The third kappa shape index (κ3) is 8.13. The van der Waals surface area contributed by atoms with E-state index in [1.165, 1.54) is 68.1 Å². The molecule has 0 radical (unpaired) electrons. The molecule has 230 valence electrons. The quantitative estimate of drug-likeness (QED) is 0.181. The summed E-state index contributed by atoms with van der Waals surface area (Å²) in [6, 6.07) is 11.3. The maximum Gasteiger partial charge on any atom is 0.203 e. The van der Waals surface area contributed by atoms with Gasteiger partial charge in [-0.1, -0.05) is 6.07 Å². The minimum Gasteiger partial charge on any atom is -0.496 e.